The number of aryl methyl sites for hydroxylation is 1. The summed E-state index contributed by atoms with van der Waals surface area (Å²) in [6.07, 6.45) is 0. The molecule has 0 radical (unpaired) electrons. The van der Waals surface area contributed by atoms with Crippen LogP contribution < -0.4 is 10.1 Å². The fraction of sp³-hybridized carbons (Fsp3) is 0.136. The summed E-state index contributed by atoms with van der Waals surface area (Å²) in [5, 5.41) is 3.33. The van der Waals surface area contributed by atoms with Gasteiger partial charge in [0.25, 0.3) is 0 Å². The zero-order valence-electron chi connectivity index (χ0n) is 14.2. The van der Waals surface area contributed by atoms with Crippen LogP contribution >= 0.6 is 12.2 Å². The number of hydrogen-bond donors (Lipinski definition) is 1. The van der Waals surface area contributed by atoms with Gasteiger partial charge in [-0.2, -0.15) is 0 Å². The lowest BCUT2D eigenvalue weighted by Gasteiger charge is -2.14. The van der Waals surface area contributed by atoms with Gasteiger partial charge in [0.05, 0.1) is 5.56 Å². The first-order valence-corrected chi connectivity index (χ1v) is 8.73. The van der Waals surface area contributed by atoms with Crippen molar-refractivity contribution in [2.45, 2.75) is 20.1 Å². The molecule has 0 spiro atoms. The lowest BCUT2D eigenvalue weighted by Crippen LogP contribution is -2.22. The number of thiocarbonyl (C=S) groups is 1. The molecule has 0 saturated carbocycles. The van der Waals surface area contributed by atoms with Crippen molar-refractivity contribution < 1.29 is 4.74 Å². The van der Waals surface area contributed by atoms with Crippen LogP contribution in [0.5, 0.6) is 5.75 Å². The molecule has 0 aliphatic carbocycles. The van der Waals surface area contributed by atoms with Crippen LogP contribution in [-0.4, -0.2) is 4.99 Å². The van der Waals surface area contributed by atoms with E-state index in [4.69, 9.17) is 17.0 Å². The molecule has 0 heterocycles. The number of benzene rings is 3. The minimum absolute atomic E-state index is 0.526. The van der Waals surface area contributed by atoms with Crippen molar-refractivity contribution in [2.75, 3.05) is 0 Å². The van der Waals surface area contributed by atoms with Crippen LogP contribution in [0.15, 0.2) is 78.9 Å². The lowest BCUT2D eigenvalue weighted by atomic mass is 10.1. The highest BCUT2D eigenvalue weighted by Gasteiger charge is 2.08. The SMILES string of the molecule is Cc1cccc(CNC(=S)c2ccccc2OCc2ccccc2)c1. The first-order chi connectivity index (χ1) is 12.2. The molecule has 0 fully saturated rings. The van der Waals surface area contributed by atoms with E-state index in [0.29, 0.717) is 18.1 Å². The zero-order valence-corrected chi connectivity index (χ0v) is 15.1. The van der Waals surface area contributed by atoms with Gasteiger partial charge in [-0.25, -0.2) is 0 Å². The summed E-state index contributed by atoms with van der Waals surface area (Å²) in [5.41, 5.74) is 4.51. The molecule has 1 N–H and O–H groups in total. The average Bonchev–Trinajstić information content (AvgIpc) is 2.65. The highest BCUT2D eigenvalue weighted by molar-refractivity contribution is 7.80. The van der Waals surface area contributed by atoms with Gasteiger partial charge in [0.2, 0.25) is 0 Å². The molecule has 0 aromatic heterocycles. The first kappa shape index (κ1) is 17.2. The number of nitrogens with one attached hydrogen (secondary N) is 1. The Morgan fingerprint density at radius 1 is 0.880 bits per heavy atom. The number of rotatable bonds is 6. The molecule has 0 atom stereocenters. The van der Waals surface area contributed by atoms with E-state index < -0.39 is 0 Å². The van der Waals surface area contributed by atoms with Crippen molar-refractivity contribution in [2.24, 2.45) is 0 Å². The van der Waals surface area contributed by atoms with Crippen LogP contribution in [0.3, 0.4) is 0 Å². The Bertz CT molecular complexity index is 845. The van der Waals surface area contributed by atoms with Crippen LogP contribution in [0, 0.1) is 6.92 Å². The van der Waals surface area contributed by atoms with Gasteiger partial charge in [-0.05, 0) is 30.2 Å². The summed E-state index contributed by atoms with van der Waals surface area (Å²) < 4.78 is 5.99. The molecule has 0 unspecified atom stereocenters. The maximum absolute atomic E-state index is 5.99. The normalized spacial score (nSPS) is 10.3. The molecule has 0 aliphatic rings. The highest BCUT2D eigenvalue weighted by Crippen LogP contribution is 2.20. The van der Waals surface area contributed by atoms with Crippen LogP contribution in [-0.2, 0) is 13.2 Å². The number of para-hydroxylation sites is 1. The van der Waals surface area contributed by atoms with E-state index in [1.807, 2.05) is 42.5 Å². The van der Waals surface area contributed by atoms with E-state index in [1.54, 1.807) is 0 Å². The summed E-state index contributed by atoms with van der Waals surface area (Å²) in [4.78, 5) is 0.699. The molecule has 0 amide bonds. The second-order valence-electron chi connectivity index (χ2n) is 5.94. The van der Waals surface area contributed by atoms with E-state index in [0.717, 1.165) is 16.9 Å². The number of hydrogen-bond acceptors (Lipinski definition) is 2. The van der Waals surface area contributed by atoms with Crippen molar-refractivity contribution in [3.8, 4) is 5.75 Å². The van der Waals surface area contributed by atoms with E-state index in [-0.39, 0.29) is 0 Å². The van der Waals surface area contributed by atoms with Crippen molar-refractivity contribution in [1.29, 1.82) is 0 Å². The third kappa shape index (κ3) is 4.91. The van der Waals surface area contributed by atoms with Crippen molar-refractivity contribution in [3.63, 3.8) is 0 Å². The Hall–Kier alpha value is -2.65. The van der Waals surface area contributed by atoms with Crippen molar-refractivity contribution >= 4 is 17.2 Å². The third-order valence-electron chi connectivity index (χ3n) is 3.90. The molecule has 3 aromatic rings. The number of ether oxygens (including phenoxy) is 1. The summed E-state index contributed by atoms with van der Waals surface area (Å²) >= 11 is 5.58. The minimum Gasteiger partial charge on any atom is -0.488 e. The van der Waals surface area contributed by atoms with Crippen LogP contribution in [0.4, 0.5) is 0 Å². The first-order valence-electron chi connectivity index (χ1n) is 8.32. The molecule has 3 heteroatoms. The predicted molar refractivity (Wildman–Crippen MR) is 107 cm³/mol. The highest BCUT2D eigenvalue weighted by atomic mass is 32.1. The molecule has 2 nitrogen and oxygen atoms in total. The Balaban J connectivity index is 1.66. The topological polar surface area (TPSA) is 21.3 Å². The fourth-order valence-corrected chi connectivity index (χ4v) is 2.86. The molecule has 0 saturated heterocycles. The summed E-state index contributed by atoms with van der Waals surface area (Å²) in [7, 11) is 0. The smallest absolute Gasteiger partial charge is 0.129 e. The Morgan fingerprint density at radius 2 is 1.60 bits per heavy atom. The van der Waals surface area contributed by atoms with Gasteiger partial charge in [0.1, 0.15) is 17.3 Å². The van der Waals surface area contributed by atoms with E-state index in [9.17, 15) is 0 Å². The van der Waals surface area contributed by atoms with E-state index >= 15 is 0 Å². The van der Waals surface area contributed by atoms with Crippen LogP contribution in [0.25, 0.3) is 0 Å². The average molecular weight is 347 g/mol. The second kappa shape index (κ2) is 8.45. The van der Waals surface area contributed by atoms with Gasteiger partial charge in [-0.15, -0.1) is 0 Å². The summed E-state index contributed by atoms with van der Waals surface area (Å²) in [5.74, 6) is 0.799. The quantitative estimate of drug-likeness (QED) is 0.631. The lowest BCUT2D eigenvalue weighted by molar-refractivity contribution is 0.305. The standard InChI is InChI=1S/C22H21NOS/c1-17-8-7-11-19(14-17)15-23-22(25)20-12-5-6-13-21(20)24-16-18-9-3-2-4-10-18/h2-14H,15-16H2,1H3,(H,23,25). The summed E-state index contributed by atoms with van der Waals surface area (Å²) in [6.45, 7) is 3.32. The fourth-order valence-electron chi connectivity index (χ4n) is 2.62. The predicted octanol–water partition coefficient (Wildman–Crippen LogP) is 5.04. The molecular formula is C22H21NOS. The minimum atomic E-state index is 0.526. The van der Waals surface area contributed by atoms with Crippen LogP contribution in [0.2, 0.25) is 0 Å². The zero-order chi connectivity index (χ0) is 17.5. The maximum atomic E-state index is 5.99. The Morgan fingerprint density at radius 3 is 2.40 bits per heavy atom. The van der Waals surface area contributed by atoms with Crippen molar-refractivity contribution in [3.05, 3.63) is 101 Å². The monoisotopic (exact) mass is 347 g/mol. The third-order valence-corrected chi connectivity index (χ3v) is 4.27. The van der Waals surface area contributed by atoms with Gasteiger partial charge < -0.3 is 10.1 Å². The molecule has 3 rings (SSSR count). The molecule has 0 bridgehead atoms. The van der Waals surface area contributed by atoms with Gasteiger partial charge in [0.15, 0.2) is 0 Å². The van der Waals surface area contributed by atoms with Crippen molar-refractivity contribution in [1.82, 2.24) is 5.32 Å². The molecule has 0 aliphatic heterocycles. The second-order valence-corrected chi connectivity index (χ2v) is 6.35. The summed E-state index contributed by atoms with van der Waals surface area (Å²) in [6, 6.07) is 26.4. The van der Waals surface area contributed by atoms with E-state index in [2.05, 4.69) is 48.6 Å². The van der Waals surface area contributed by atoms with Gasteiger partial charge in [-0.3, -0.25) is 0 Å². The molecule has 25 heavy (non-hydrogen) atoms. The van der Waals surface area contributed by atoms with Gasteiger partial charge >= 0.3 is 0 Å². The maximum Gasteiger partial charge on any atom is 0.129 e. The Kier molecular flexibility index (Phi) is 5.81. The van der Waals surface area contributed by atoms with Gasteiger partial charge in [-0.1, -0.05) is 84.5 Å². The largest absolute Gasteiger partial charge is 0.488 e. The molecule has 126 valence electrons. The molecular weight excluding hydrogens is 326 g/mol. The van der Waals surface area contributed by atoms with E-state index in [1.165, 1.54) is 11.1 Å². The van der Waals surface area contributed by atoms with Gasteiger partial charge in [0, 0.05) is 6.54 Å². The molecule has 3 aromatic carbocycles. The Labute approximate surface area is 154 Å². The van der Waals surface area contributed by atoms with Crippen LogP contribution in [0.1, 0.15) is 22.3 Å².